The minimum absolute atomic E-state index is 0.488. The molecule has 1 atom stereocenters. The van der Waals surface area contributed by atoms with Gasteiger partial charge in [0.25, 0.3) is 0 Å². The Morgan fingerprint density at radius 3 is 3.21 bits per heavy atom. The number of aromatic nitrogens is 3. The first-order valence-corrected chi connectivity index (χ1v) is 6.94. The third-order valence-electron chi connectivity index (χ3n) is 3.94. The molecule has 2 aromatic rings. The zero-order valence-electron chi connectivity index (χ0n) is 11.5. The Bertz CT molecular complexity index is 545. The summed E-state index contributed by atoms with van der Waals surface area (Å²) < 4.78 is 7.30. The highest BCUT2D eigenvalue weighted by atomic mass is 16.5. The number of hydrogen-bond donors (Lipinski definition) is 0. The topological polar surface area (TPSA) is 47.1 Å². The van der Waals surface area contributed by atoms with Gasteiger partial charge in [-0.25, -0.2) is 4.98 Å². The molecule has 0 bridgehead atoms. The Labute approximate surface area is 113 Å². The van der Waals surface area contributed by atoms with E-state index in [1.54, 1.807) is 6.26 Å². The molecule has 5 nitrogen and oxygen atoms in total. The first-order valence-electron chi connectivity index (χ1n) is 6.94. The summed E-state index contributed by atoms with van der Waals surface area (Å²) >= 11 is 0. The highest BCUT2D eigenvalue weighted by Gasteiger charge is 2.23. The van der Waals surface area contributed by atoms with Crippen LogP contribution in [-0.2, 0) is 25.9 Å². The van der Waals surface area contributed by atoms with Crippen molar-refractivity contribution in [1.82, 2.24) is 19.6 Å². The normalized spacial score (nSPS) is 17.4. The standard InChI is InChI=1S/C14H20N4O/c1-3-14-15-5-7-18(14)8-11(2)17-6-4-13-12(9-17)10-19-16-13/h5,7,10-11H,3-4,6,8-9H2,1-2H3. The van der Waals surface area contributed by atoms with Crippen LogP contribution in [0.4, 0.5) is 0 Å². The summed E-state index contributed by atoms with van der Waals surface area (Å²) in [6.45, 7) is 7.41. The van der Waals surface area contributed by atoms with Gasteiger partial charge in [0.1, 0.15) is 12.1 Å². The van der Waals surface area contributed by atoms with Gasteiger partial charge < -0.3 is 9.09 Å². The van der Waals surface area contributed by atoms with E-state index in [0.717, 1.165) is 44.0 Å². The van der Waals surface area contributed by atoms with Crippen molar-refractivity contribution in [3.8, 4) is 0 Å². The fourth-order valence-electron chi connectivity index (χ4n) is 2.76. The van der Waals surface area contributed by atoms with Gasteiger partial charge in [-0.15, -0.1) is 0 Å². The molecule has 0 aromatic carbocycles. The van der Waals surface area contributed by atoms with E-state index >= 15 is 0 Å². The second kappa shape index (κ2) is 5.17. The molecular formula is C14H20N4O. The van der Waals surface area contributed by atoms with Crippen LogP contribution in [0.2, 0.25) is 0 Å². The summed E-state index contributed by atoms with van der Waals surface area (Å²) in [5.74, 6) is 1.16. The average molecular weight is 260 g/mol. The van der Waals surface area contributed by atoms with Crippen LogP contribution in [0.15, 0.2) is 23.2 Å². The van der Waals surface area contributed by atoms with Gasteiger partial charge in [0.2, 0.25) is 0 Å². The molecule has 0 saturated carbocycles. The van der Waals surface area contributed by atoms with Crippen molar-refractivity contribution in [3.63, 3.8) is 0 Å². The maximum Gasteiger partial charge on any atom is 0.128 e. The molecule has 0 radical (unpaired) electrons. The average Bonchev–Trinajstić information content (AvgIpc) is 3.05. The van der Waals surface area contributed by atoms with Crippen LogP contribution in [0.3, 0.4) is 0 Å². The number of fused-ring (bicyclic) bond motifs is 1. The summed E-state index contributed by atoms with van der Waals surface area (Å²) in [7, 11) is 0. The Kier molecular flexibility index (Phi) is 3.38. The first-order chi connectivity index (χ1) is 9.28. The lowest BCUT2D eigenvalue weighted by Gasteiger charge is -2.32. The molecule has 3 rings (SSSR count). The lowest BCUT2D eigenvalue weighted by molar-refractivity contribution is 0.173. The molecular weight excluding hydrogens is 240 g/mol. The van der Waals surface area contributed by atoms with E-state index in [-0.39, 0.29) is 0 Å². The summed E-state index contributed by atoms with van der Waals surface area (Å²) in [6, 6.07) is 0.488. The molecule has 0 spiro atoms. The van der Waals surface area contributed by atoms with Gasteiger partial charge in [0.15, 0.2) is 0 Å². The van der Waals surface area contributed by atoms with E-state index in [1.807, 2.05) is 6.20 Å². The van der Waals surface area contributed by atoms with Gasteiger partial charge in [0, 0.05) is 56.5 Å². The minimum Gasteiger partial charge on any atom is -0.364 e. The van der Waals surface area contributed by atoms with Crippen LogP contribution in [0, 0.1) is 0 Å². The van der Waals surface area contributed by atoms with Crippen LogP contribution in [0.5, 0.6) is 0 Å². The largest absolute Gasteiger partial charge is 0.364 e. The van der Waals surface area contributed by atoms with Crippen molar-refractivity contribution < 1.29 is 4.52 Å². The maximum atomic E-state index is 5.05. The predicted octanol–water partition coefficient (Wildman–Crippen LogP) is 1.88. The van der Waals surface area contributed by atoms with Crippen LogP contribution in [-0.4, -0.2) is 32.2 Å². The monoisotopic (exact) mass is 260 g/mol. The summed E-state index contributed by atoms with van der Waals surface area (Å²) in [4.78, 5) is 6.87. The molecule has 5 heteroatoms. The molecule has 0 amide bonds. The Morgan fingerprint density at radius 1 is 1.47 bits per heavy atom. The second-order valence-corrected chi connectivity index (χ2v) is 5.21. The van der Waals surface area contributed by atoms with Crippen LogP contribution in [0.1, 0.15) is 30.9 Å². The number of rotatable bonds is 4. The van der Waals surface area contributed by atoms with Crippen molar-refractivity contribution in [1.29, 1.82) is 0 Å². The third kappa shape index (κ3) is 2.42. The molecule has 1 aliphatic rings. The summed E-state index contributed by atoms with van der Waals surface area (Å²) in [5.41, 5.74) is 2.36. The van der Waals surface area contributed by atoms with E-state index in [1.165, 1.54) is 5.56 Å². The molecule has 0 saturated heterocycles. The molecule has 102 valence electrons. The zero-order valence-corrected chi connectivity index (χ0v) is 11.5. The van der Waals surface area contributed by atoms with Crippen LogP contribution in [0.25, 0.3) is 0 Å². The SMILES string of the molecule is CCc1nccn1CC(C)N1CCc2nocc2C1. The van der Waals surface area contributed by atoms with Crippen molar-refractivity contribution in [2.75, 3.05) is 6.54 Å². The van der Waals surface area contributed by atoms with Crippen molar-refractivity contribution in [3.05, 3.63) is 35.7 Å². The molecule has 0 fully saturated rings. The van der Waals surface area contributed by atoms with Gasteiger partial charge in [-0.1, -0.05) is 12.1 Å². The Morgan fingerprint density at radius 2 is 2.37 bits per heavy atom. The molecule has 0 aliphatic carbocycles. The number of hydrogen-bond acceptors (Lipinski definition) is 4. The molecule has 1 unspecified atom stereocenters. The van der Waals surface area contributed by atoms with Crippen LogP contribution >= 0.6 is 0 Å². The quantitative estimate of drug-likeness (QED) is 0.842. The summed E-state index contributed by atoms with van der Waals surface area (Å²) in [6.07, 6.45) is 7.71. The predicted molar refractivity (Wildman–Crippen MR) is 71.7 cm³/mol. The molecule has 19 heavy (non-hydrogen) atoms. The Hall–Kier alpha value is -1.62. The van der Waals surface area contributed by atoms with E-state index in [4.69, 9.17) is 4.52 Å². The van der Waals surface area contributed by atoms with E-state index in [2.05, 4.69) is 39.7 Å². The fourth-order valence-corrected chi connectivity index (χ4v) is 2.76. The van der Waals surface area contributed by atoms with Crippen molar-refractivity contribution >= 4 is 0 Å². The smallest absolute Gasteiger partial charge is 0.128 e. The van der Waals surface area contributed by atoms with E-state index in [9.17, 15) is 0 Å². The highest BCUT2D eigenvalue weighted by molar-refractivity contribution is 5.17. The van der Waals surface area contributed by atoms with Gasteiger partial charge in [-0.2, -0.15) is 0 Å². The van der Waals surface area contributed by atoms with Gasteiger partial charge in [0.05, 0.1) is 5.69 Å². The molecule has 1 aliphatic heterocycles. The number of imidazole rings is 1. The third-order valence-corrected chi connectivity index (χ3v) is 3.94. The lowest BCUT2D eigenvalue weighted by atomic mass is 10.1. The first kappa shape index (κ1) is 12.4. The van der Waals surface area contributed by atoms with Crippen molar-refractivity contribution in [2.24, 2.45) is 0 Å². The van der Waals surface area contributed by atoms with Gasteiger partial charge in [-0.3, -0.25) is 4.90 Å². The lowest BCUT2D eigenvalue weighted by Crippen LogP contribution is -2.39. The number of aryl methyl sites for hydroxylation is 1. The van der Waals surface area contributed by atoms with Crippen LogP contribution < -0.4 is 0 Å². The number of nitrogens with zero attached hydrogens (tertiary/aromatic N) is 4. The van der Waals surface area contributed by atoms with Crippen molar-refractivity contribution in [2.45, 2.75) is 45.8 Å². The fraction of sp³-hybridized carbons (Fsp3) is 0.571. The van der Waals surface area contributed by atoms with Gasteiger partial charge >= 0.3 is 0 Å². The van der Waals surface area contributed by atoms with Gasteiger partial charge in [-0.05, 0) is 6.92 Å². The maximum absolute atomic E-state index is 5.05. The molecule has 2 aromatic heterocycles. The highest BCUT2D eigenvalue weighted by Crippen LogP contribution is 2.20. The second-order valence-electron chi connectivity index (χ2n) is 5.21. The zero-order chi connectivity index (χ0) is 13.2. The molecule has 0 N–H and O–H groups in total. The van der Waals surface area contributed by atoms with E-state index in [0.29, 0.717) is 6.04 Å². The van der Waals surface area contributed by atoms with E-state index < -0.39 is 0 Å². The Balaban J connectivity index is 1.67. The molecule has 3 heterocycles. The minimum atomic E-state index is 0.488. The summed E-state index contributed by atoms with van der Waals surface area (Å²) in [5, 5.41) is 4.04.